The van der Waals surface area contributed by atoms with Gasteiger partial charge in [0.2, 0.25) is 0 Å². The lowest BCUT2D eigenvalue weighted by atomic mass is 9.95. The minimum atomic E-state index is -0.766. The number of rotatable bonds is 10. The van der Waals surface area contributed by atoms with Crippen molar-refractivity contribution in [2.75, 3.05) is 26.9 Å². The number of thiazole rings is 1. The van der Waals surface area contributed by atoms with Gasteiger partial charge in [0.05, 0.1) is 42.2 Å². The van der Waals surface area contributed by atoms with Crippen molar-refractivity contribution in [1.82, 2.24) is 4.57 Å². The van der Waals surface area contributed by atoms with Gasteiger partial charge in [-0.3, -0.25) is 9.36 Å². The summed E-state index contributed by atoms with van der Waals surface area (Å²) < 4.78 is 24.4. The monoisotopic (exact) mass is 534 g/mol. The number of nitrogens with zero attached hydrogens (tertiary/aromatic N) is 2. The van der Waals surface area contributed by atoms with Crippen molar-refractivity contribution < 1.29 is 23.7 Å². The van der Waals surface area contributed by atoms with E-state index >= 15 is 0 Å². The molecule has 8 nitrogen and oxygen atoms in total. The van der Waals surface area contributed by atoms with E-state index < -0.39 is 12.0 Å². The van der Waals surface area contributed by atoms with Gasteiger partial charge in [-0.05, 0) is 50.6 Å². The van der Waals surface area contributed by atoms with E-state index in [1.807, 2.05) is 37.3 Å². The number of carbonyl (C=O) groups is 1. The van der Waals surface area contributed by atoms with Gasteiger partial charge in [-0.1, -0.05) is 48.3 Å². The number of aromatic nitrogens is 1. The SMILES string of the molecule is C=CCOc1ccc(C2C(C(=O)OCC)=C(C)N=c3sc(=Cc4ccccc4OC)c(=O)n32)cc1OCC. The molecule has 0 saturated heterocycles. The topological polar surface area (TPSA) is 88.4 Å². The summed E-state index contributed by atoms with van der Waals surface area (Å²) in [7, 11) is 1.58. The van der Waals surface area contributed by atoms with Gasteiger partial charge < -0.3 is 18.9 Å². The number of hydrogen-bond donors (Lipinski definition) is 0. The second kappa shape index (κ2) is 12.0. The number of benzene rings is 2. The average molecular weight is 535 g/mol. The van der Waals surface area contributed by atoms with Crippen molar-refractivity contribution in [3.63, 3.8) is 0 Å². The molecule has 1 aliphatic rings. The lowest BCUT2D eigenvalue weighted by Crippen LogP contribution is -2.40. The van der Waals surface area contributed by atoms with Gasteiger partial charge in [0.15, 0.2) is 16.3 Å². The minimum Gasteiger partial charge on any atom is -0.496 e. The van der Waals surface area contributed by atoms with E-state index in [1.54, 1.807) is 49.8 Å². The highest BCUT2D eigenvalue weighted by atomic mass is 32.1. The van der Waals surface area contributed by atoms with Crippen LogP contribution in [-0.4, -0.2) is 37.5 Å². The highest BCUT2D eigenvalue weighted by Crippen LogP contribution is 2.36. The molecule has 0 spiro atoms. The first-order valence-corrected chi connectivity index (χ1v) is 13.1. The molecule has 0 radical (unpaired) electrons. The van der Waals surface area contributed by atoms with E-state index in [0.717, 1.165) is 5.56 Å². The number of fused-ring (bicyclic) bond motifs is 1. The first-order valence-electron chi connectivity index (χ1n) is 12.3. The Labute approximate surface area is 224 Å². The smallest absolute Gasteiger partial charge is 0.338 e. The predicted molar refractivity (Wildman–Crippen MR) is 147 cm³/mol. The third kappa shape index (κ3) is 5.28. The first-order chi connectivity index (χ1) is 18.4. The van der Waals surface area contributed by atoms with Crippen LogP contribution in [0.4, 0.5) is 0 Å². The fraction of sp³-hybridized carbons (Fsp3) is 0.276. The molecule has 1 aromatic heterocycles. The highest BCUT2D eigenvalue weighted by Gasteiger charge is 2.34. The summed E-state index contributed by atoms with van der Waals surface area (Å²) in [5.74, 6) is 1.16. The Bertz CT molecular complexity index is 1570. The zero-order valence-corrected chi connectivity index (χ0v) is 22.7. The number of carbonyl (C=O) groups excluding carboxylic acids is 1. The number of ether oxygens (including phenoxy) is 4. The third-order valence-electron chi connectivity index (χ3n) is 5.88. The summed E-state index contributed by atoms with van der Waals surface area (Å²) in [6, 6.07) is 12.1. The summed E-state index contributed by atoms with van der Waals surface area (Å²) in [5.41, 5.74) is 1.94. The molecule has 0 N–H and O–H groups in total. The molecule has 0 aliphatic carbocycles. The Balaban J connectivity index is 1.95. The predicted octanol–water partition coefficient (Wildman–Crippen LogP) is 3.77. The van der Waals surface area contributed by atoms with E-state index in [0.29, 0.717) is 56.6 Å². The van der Waals surface area contributed by atoms with Gasteiger partial charge in [0.1, 0.15) is 12.4 Å². The summed E-state index contributed by atoms with van der Waals surface area (Å²) in [6.07, 6.45) is 3.43. The average Bonchev–Trinajstić information content (AvgIpc) is 3.21. The molecule has 2 aromatic carbocycles. The Morgan fingerprint density at radius 3 is 2.61 bits per heavy atom. The molecule has 0 amide bonds. The van der Waals surface area contributed by atoms with Crippen LogP contribution in [0.3, 0.4) is 0 Å². The Kier molecular flexibility index (Phi) is 8.48. The van der Waals surface area contributed by atoms with Gasteiger partial charge in [0.25, 0.3) is 5.56 Å². The number of allylic oxidation sites excluding steroid dienone is 1. The van der Waals surface area contributed by atoms with Crippen LogP contribution in [0.15, 0.2) is 76.2 Å². The van der Waals surface area contributed by atoms with Crippen molar-refractivity contribution in [1.29, 1.82) is 0 Å². The number of esters is 1. The van der Waals surface area contributed by atoms with Crippen LogP contribution in [-0.2, 0) is 9.53 Å². The van der Waals surface area contributed by atoms with E-state index in [9.17, 15) is 9.59 Å². The van der Waals surface area contributed by atoms with E-state index in [1.165, 1.54) is 11.3 Å². The molecule has 1 atom stereocenters. The van der Waals surface area contributed by atoms with Crippen LogP contribution in [0.2, 0.25) is 0 Å². The standard InChI is InChI=1S/C29H30N2O6S/c1-6-15-37-22-14-13-20(16-23(22)35-7-2)26-25(28(33)36-8-3)18(4)30-29-31(26)27(32)24(38-29)17-19-11-9-10-12-21(19)34-5/h6,9-14,16-17,26H,1,7-8,15H2,2-5H3. The van der Waals surface area contributed by atoms with Crippen LogP contribution in [0.5, 0.6) is 17.2 Å². The van der Waals surface area contributed by atoms with Gasteiger partial charge in [-0.15, -0.1) is 0 Å². The third-order valence-corrected chi connectivity index (χ3v) is 6.87. The summed E-state index contributed by atoms with van der Waals surface area (Å²) in [6.45, 7) is 9.98. The van der Waals surface area contributed by atoms with Crippen molar-refractivity contribution in [3.05, 3.63) is 97.2 Å². The molecule has 3 aromatic rings. The largest absolute Gasteiger partial charge is 0.496 e. The molecule has 0 bridgehead atoms. The maximum absolute atomic E-state index is 13.9. The van der Waals surface area contributed by atoms with Gasteiger partial charge in [-0.25, -0.2) is 9.79 Å². The number of hydrogen-bond acceptors (Lipinski definition) is 8. The maximum atomic E-state index is 13.9. The van der Waals surface area contributed by atoms with Crippen molar-refractivity contribution in [2.24, 2.45) is 4.99 Å². The highest BCUT2D eigenvalue weighted by molar-refractivity contribution is 7.07. The van der Waals surface area contributed by atoms with Gasteiger partial charge in [0, 0.05) is 5.56 Å². The lowest BCUT2D eigenvalue weighted by Gasteiger charge is -2.25. The van der Waals surface area contributed by atoms with Crippen LogP contribution < -0.4 is 29.1 Å². The van der Waals surface area contributed by atoms with Crippen LogP contribution >= 0.6 is 11.3 Å². The molecular formula is C29H30N2O6S. The molecule has 2 heterocycles. The van der Waals surface area contributed by atoms with Gasteiger partial charge in [-0.2, -0.15) is 0 Å². The normalized spacial score (nSPS) is 14.9. The van der Waals surface area contributed by atoms with Crippen LogP contribution in [0.1, 0.15) is 37.9 Å². The van der Waals surface area contributed by atoms with Crippen LogP contribution in [0.25, 0.3) is 6.08 Å². The summed E-state index contributed by atoms with van der Waals surface area (Å²) >= 11 is 1.25. The fourth-order valence-corrected chi connectivity index (χ4v) is 5.30. The van der Waals surface area contributed by atoms with Crippen LogP contribution in [0, 0.1) is 0 Å². The van der Waals surface area contributed by atoms with Gasteiger partial charge >= 0.3 is 5.97 Å². The zero-order valence-electron chi connectivity index (χ0n) is 21.9. The number of methoxy groups -OCH3 is 1. The molecule has 9 heteroatoms. The van der Waals surface area contributed by atoms with Crippen molar-refractivity contribution in [3.8, 4) is 17.2 Å². The minimum absolute atomic E-state index is 0.194. The van der Waals surface area contributed by atoms with Crippen molar-refractivity contribution in [2.45, 2.75) is 26.8 Å². The first kappa shape index (κ1) is 26.9. The number of para-hydroxylation sites is 1. The maximum Gasteiger partial charge on any atom is 0.338 e. The molecule has 38 heavy (non-hydrogen) atoms. The molecular weight excluding hydrogens is 504 g/mol. The molecule has 1 aliphatic heterocycles. The van der Waals surface area contributed by atoms with E-state index in [-0.39, 0.29) is 12.2 Å². The Hall–Kier alpha value is -4.11. The summed E-state index contributed by atoms with van der Waals surface area (Å²) in [5, 5.41) is 0. The quantitative estimate of drug-likeness (QED) is 0.291. The summed E-state index contributed by atoms with van der Waals surface area (Å²) in [4.78, 5) is 32.1. The van der Waals surface area contributed by atoms with E-state index in [2.05, 4.69) is 11.6 Å². The molecule has 198 valence electrons. The second-order valence-electron chi connectivity index (χ2n) is 8.28. The Morgan fingerprint density at radius 2 is 1.89 bits per heavy atom. The molecule has 1 unspecified atom stereocenters. The molecule has 0 saturated carbocycles. The van der Waals surface area contributed by atoms with Crippen molar-refractivity contribution >= 4 is 23.4 Å². The molecule has 4 rings (SSSR count). The Morgan fingerprint density at radius 1 is 1.11 bits per heavy atom. The molecule has 0 fully saturated rings. The van der Waals surface area contributed by atoms with E-state index in [4.69, 9.17) is 18.9 Å². The fourth-order valence-electron chi connectivity index (χ4n) is 4.26. The second-order valence-corrected chi connectivity index (χ2v) is 9.29. The zero-order chi connectivity index (χ0) is 27.2. The lowest BCUT2D eigenvalue weighted by molar-refractivity contribution is -0.139.